The number of carbonyl (C=O) groups excluding carboxylic acids is 2. The van der Waals surface area contributed by atoms with E-state index < -0.39 is 51.8 Å². The van der Waals surface area contributed by atoms with Crippen LogP contribution in [0.25, 0.3) is 0 Å². The molecule has 0 saturated carbocycles. The van der Waals surface area contributed by atoms with Crippen molar-refractivity contribution >= 4 is 19.8 Å². The van der Waals surface area contributed by atoms with Gasteiger partial charge < -0.3 is 24.6 Å². The third-order valence-electron chi connectivity index (χ3n) is 5.95. The second-order valence-electron chi connectivity index (χ2n) is 9.79. The van der Waals surface area contributed by atoms with Crippen LogP contribution in [0.5, 0.6) is 0 Å². The Labute approximate surface area is 235 Å². The van der Waals surface area contributed by atoms with Crippen LogP contribution in [0.15, 0.2) is 12.2 Å². The van der Waals surface area contributed by atoms with Gasteiger partial charge in [-0.15, -0.1) is 0 Å². The van der Waals surface area contributed by atoms with Crippen LogP contribution in [0.4, 0.5) is 0 Å². The lowest BCUT2D eigenvalue weighted by molar-refractivity contribution is -0.160. The van der Waals surface area contributed by atoms with Crippen LogP contribution in [0.2, 0.25) is 0 Å². The van der Waals surface area contributed by atoms with Crippen LogP contribution in [0, 0.1) is 0 Å². The van der Waals surface area contributed by atoms with Gasteiger partial charge in [-0.25, -0.2) is 4.57 Å². The predicted octanol–water partition coefficient (Wildman–Crippen LogP) is 5.77. The summed E-state index contributed by atoms with van der Waals surface area (Å²) < 4.78 is 32.1. The topological polar surface area (TPSA) is 149 Å². The highest BCUT2D eigenvalue weighted by atomic mass is 31.2. The molecule has 0 rings (SSSR count). The van der Waals surface area contributed by atoms with E-state index in [2.05, 4.69) is 18.4 Å². The van der Waals surface area contributed by atoms with Gasteiger partial charge in [0.05, 0.1) is 26.2 Å². The van der Waals surface area contributed by atoms with Crippen molar-refractivity contribution in [3.63, 3.8) is 0 Å². The van der Waals surface area contributed by atoms with Crippen LogP contribution in [0.1, 0.15) is 117 Å². The molecule has 0 bridgehead atoms. The molecule has 3 N–H and O–H groups in total. The summed E-state index contributed by atoms with van der Waals surface area (Å²) in [7, 11) is -4.60. The largest absolute Gasteiger partial charge is 0.472 e. The number of hydrogen-bond acceptors (Lipinski definition) is 9. The summed E-state index contributed by atoms with van der Waals surface area (Å²) in [5.41, 5.74) is 0. The first-order valence-corrected chi connectivity index (χ1v) is 16.1. The molecule has 0 aliphatic rings. The minimum absolute atomic E-state index is 0.0649. The number of aliphatic hydroxyl groups is 2. The summed E-state index contributed by atoms with van der Waals surface area (Å²) in [4.78, 5) is 34.3. The lowest BCUT2D eigenvalue weighted by Gasteiger charge is -2.20. The average molecular weight is 581 g/mol. The number of aliphatic hydroxyl groups excluding tert-OH is 2. The molecule has 0 aliphatic heterocycles. The Bertz CT molecular complexity index is 685. The fourth-order valence-corrected chi connectivity index (χ4v) is 4.41. The van der Waals surface area contributed by atoms with Crippen LogP contribution in [0.3, 0.4) is 0 Å². The summed E-state index contributed by atoms with van der Waals surface area (Å²) in [6, 6.07) is 0. The standard InChI is InChI=1S/C28H53O10P/c1-3-5-7-9-11-13-15-17-19-27(31)35-23-26(24-37-39(33,34)36-22-25(30)21-29)38-28(32)20-18-16-14-12-10-8-6-4-2/h15,17,25-26,29-30H,3-14,16,18-24H2,1-2H3,(H,33,34)/b17-15+/t25-,26+/m0/s1. The van der Waals surface area contributed by atoms with Crippen molar-refractivity contribution in [2.45, 2.75) is 129 Å². The van der Waals surface area contributed by atoms with E-state index >= 15 is 0 Å². The normalized spacial score (nSPS) is 14.7. The van der Waals surface area contributed by atoms with Crippen molar-refractivity contribution in [3.8, 4) is 0 Å². The van der Waals surface area contributed by atoms with E-state index in [0.717, 1.165) is 38.5 Å². The monoisotopic (exact) mass is 580 g/mol. The van der Waals surface area contributed by atoms with Crippen molar-refractivity contribution in [2.75, 3.05) is 26.4 Å². The van der Waals surface area contributed by atoms with Crippen LogP contribution < -0.4 is 0 Å². The first-order chi connectivity index (χ1) is 18.7. The van der Waals surface area contributed by atoms with Crippen molar-refractivity contribution in [2.24, 2.45) is 0 Å². The molecule has 0 amide bonds. The molecule has 0 fully saturated rings. The third kappa shape index (κ3) is 25.4. The van der Waals surface area contributed by atoms with E-state index in [4.69, 9.17) is 19.1 Å². The Morgan fingerprint density at radius 1 is 0.769 bits per heavy atom. The van der Waals surface area contributed by atoms with E-state index in [1.165, 1.54) is 44.9 Å². The third-order valence-corrected chi connectivity index (χ3v) is 6.90. The molecule has 0 aliphatic carbocycles. The van der Waals surface area contributed by atoms with Crippen LogP contribution in [-0.2, 0) is 32.7 Å². The predicted molar refractivity (Wildman–Crippen MR) is 150 cm³/mol. The fourth-order valence-electron chi connectivity index (χ4n) is 3.62. The Balaban J connectivity index is 4.58. The van der Waals surface area contributed by atoms with Crippen molar-refractivity contribution in [3.05, 3.63) is 12.2 Å². The number of rotatable bonds is 27. The van der Waals surface area contributed by atoms with Crippen molar-refractivity contribution in [1.82, 2.24) is 0 Å². The molecule has 0 radical (unpaired) electrons. The molecule has 0 aromatic rings. The summed E-state index contributed by atoms with van der Waals surface area (Å²) in [6.45, 7) is 2.18. The van der Waals surface area contributed by atoms with Crippen molar-refractivity contribution in [1.29, 1.82) is 0 Å². The summed E-state index contributed by atoms with van der Waals surface area (Å²) in [5, 5.41) is 18.1. The molecule has 11 heteroatoms. The SMILES string of the molecule is CCCCCCC/C=C/CC(=O)OC[C@H](COP(=O)(O)OC[C@@H](O)CO)OC(=O)CCCCCCCCCC. The maximum Gasteiger partial charge on any atom is 0.472 e. The van der Waals surface area contributed by atoms with Gasteiger partial charge >= 0.3 is 19.8 Å². The van der Waals surface area contributed by atoms with Gasteiger partial charge in [0, 0.05) is 6.42 Å². The van der Waals surface area contributed by atoms with Gasteiger partial charge in [-0.3, -0.25) is 18.6 Å². The van der Waals surface area contributed by atoms with Crippen LogP contribution in [-0.4, -0.2) is 65.7 Å². The second-order valence-corrected chi connectivity index (χ2v) is 11.2. The van der Waals surface area contributed by atoms with Crippen LogP contribution >= 0.6 is 7.82 Å². The number of ether oxygens (including phenoxy) is 2. The molecular formula is C28H53O10P. The molecule has 230 valence electrons. The van der Waals surface area contributed by atoms with Gasteiger partial charge in [-0.2, -0.15) is 0 Å². The molecule has 1 unspecified atom stereocenters. The Morgan fingerprint density at radius 3 is 1.95 bits per heavy atom. The highest BCUT2D eigenvalue weighted by Gasteiger charge is 2.27. The van der Waals surface area contributed by atoms with E-state index in [9.17, 15) is 24.2 Å². The number of allylic oxidation sites excluding steroid dienone is 1. The van der Waals surface area contributed by atoms with Gasteiger partial charge in [0.15, 0.2) is 6.10 Å². The van der Waals surface area contributed by atoms with Gasteiger partial charge in [-0.1, -0.05) is 96.6 Å². The molecule has 0 saturated heterocycles. The summed E-state index contributed by atoms with van der Waals surface area (Å²) >= 11 is 0. The number of esters is 2. The van der Waals surface area contributed by atoms with Gasteiger partial charge in [-0.05, 0) is 19.3 Å². The highest BCUT2D eigenvalue weighted by Crippen LogP contribution is 2.43. The quantitative estimate of drug-likeness (QED) is 0.0473. The number of hydrogen-bond donors (Lipinski definition) is 3. The number of phosphoric ester groups is 1. The lowest BCUT2D eigenvalue weighted by atomic mass is 10.1. The molecule has 3 atom stereocenters. The first kappa shape index (κ1) is 37.7. The Kier molecular flexibility index (Phi) is 24.8. The van der Waals surface area contributed by atoms with Gasteiger partial charge in [0.2, 0.25) is 0 Å². The minimum atomic E-state index is -4.60. The number of unbranched alkanes of at least 4 members (excludes halogenated alkanes) is 12. The van der Waals surface area contributed by atoms with Crippen molar-refractivity contribution < 1.29 is 47.8 Å². The zero-order valence-corrected chi connectivity index (χ0v) is 25.0. The summed E-state index contributed by atoms with van der Waals surface area (Å²) in [6.07, 6.45) is 16.8. The number of carbonyl (C=O) groups is 2. The first-order valence-electron chi connectivity index (χ1n) is 14.6. The molecule has 0 spiro atoms. The Morgan fingerprint density at radius 2 is 1.33 bits per heavy atom. The molecule has 0 aromatic heterocycles. The molecule has 0 heterocycles. The van der Waals surface area contributed by atoms with Gasteiger partial charge in [0.25, 0.3) is 0 Å². The zero-order valence-electron chi connectivity index (χ0n) is 24.1. The summed E-state index contributed by atoms with van der Waals surface area (Å²) in [5.74, 6) is -1.03. The molecule has 10 nitrogen and oxygen atoms in total. The second kappa shape index (κ2) is 25.7. The highest BCUT2D eigenvalue weighted by molar-refractivity contribution is 7.47. The van der Waals surface area contributed by atoms with E-state index in [0.29, 0.717) is 6.42 Å². The maximum atomic E-state index is 12.3. The zero-order chi connectivity index (χ0) is 29.2. The molecule has 0 aromatic carbocycles. The van der Waals surface area contributed by atoms with E-state index in [1.54, 1.807) is 6.08 Å². The maximum absolute atomic E-state index is 12.3. The van der Waals surface area contributed by atoms with Gasteiger partial charge in [0.1, 0.15) is 12.7 Å². The lowest BCUT2D eigenvalue weighted by Crippen LogP contribution is -2.29. The number of phosphoric acid groups is 1. The fraction of sp³-hybridized carbons (Fsp3) is 0.857. The van der Waals surface area contributed by atoms with E-state index in [-0.39, 0.29) is 19.4 Å². The minimum Gasteiger partial charge on any atom is -0.461 e. The van der Waals surface area contributed by atoms with E-state index in [1.807, 2.05) is 6.08 Å². The molecule has 39 heavy (non-hydrogen) atoms. The Hall–Kier alpha value is -1.29. The molecular weight excluding hydrogens is 527 g/mol. The average Bonchev–Trinajstić information content (AvgIpc) is 2.91. The smallest absolute Gasteiger partial charge is 0.461 e.